The number of piperidine rings is 1. The van der Waals surface area contributed by atoms with E-state index in [4.69, 9.17) is 11.6 Å². The van der Waals surface area contributed by atoms with Gasteiger partial charge in [0.05, 0.1) is 10.7 Å². The van der Waals surface area contributed by atoms with Crippen LogP contribution >= 0.6 is 11.6 Å². The van der Waals surface area contributed by atoms with E-state index in [9.17, 15) is 0 Å². The molecule has 3 nitrogen and oxygen atoms in total. The molecule has 1 aromatic rings. The molecule has 0 bridgehead atoms. The van der Waals surface area contributed by atoms with Crippen molar-refractivity contribution in [3.63, 3.8) is 0 Å². The van der Waals surface area contributed by atoms with Crippen molar-refractivity contribution in [2.45, 2.75) is 25.8 Å². The van der Waals surface area contributed by atoms with Gasteiger partial charge >= 0.3 is 0 Å². The van der Waals surface area contributed by atoms with Crippen LogP contribution in [-0.2, 0) is 0 Å². The van der Waals surface area contributed by atoms with Gasteiger partial charge in [-0.05, 0) is 70.6 Å². The van der Waals surface area contributed by atoms with Gasteiger partial charge in [0.2, 0.25) is 0 Å². The first-order valence-corrected chi connectivity index (χ1v) is 8.25. The van der Waals surface area contributed by atoms with Crippen molar-refractivity contribution in [2.24, 2.45) is 5.92 Å². The molecule has 1 fully saturated rings. The molecule has 0 saturated carbocycles. The van der Waals surface area contributed by atoms with Crippen molar-refractivity contribution in [3.8, 4) is 0 Å². The SMILES string of the molecule is CNC(C)c1ccc(N(C)CC2CCN(C)CC2)c(Cl)c1. The lowest BCUT2D eigenvalue weighted by Crippen LogP contribution is -2.35. The van der Waals surface area contributed by atoms with Gasteiger partial charge in [-0.25, -0.2) is 0 Å². The molecule has 2 rings (SSSR count). The minimum Gasteiger partial charge on any atom is -0.373 e. The molecule has 1 N–H and O–H groups in total. The Morgan fingerprint density at radius 3 is 2.62 bits per heavy atom. The average molecular weight is 310 g/mol. The van der Waals surface area contributed by atoms with Gasteiger partial charge in [-0.3, -0.25) is 0 Å². The zero-order chi connectivity index (χ0) is 15.4. The van der Waals surface area contributed by atoms with Crippen molar-refractivity contribution in [1.82, 2.24) is 10.2 Å². The normalized spacial score (nSPS) is 18.7. The highest BCUT2D eigenvalue weighted by molar-refractivity contribution is 6.33. The van der Waals surface area contributed by atoms with Gasteiger partial charge in [0, 0.05) is 19.6 Å². The summed E-state index contributed by atoms with van der Waals surface area (Å²) in [7, 11) is 6.33. The Bertz CT molecular complexity index is 455. The maximum Gasteiger partial charge on any atom is 0.0642 e. The van der Waals surface area contributed by atoms with Gasteiger partial charge in [-0.2, -0.15) is 0 Å². The van der Waals surface area contributed by atoms with Crippen LogP contribution in [0.15, 0.2) is 18.2 Å². The number of hydrogen-bond acceptors (Lipinski definition) is 3. The molecule has 0 amide bonds. The molecule has 1 aliphatic heterocycles. The van der Waals surface area contributed by atoms with Crippen molar-refractivity contribution in [1.29, 1.82) is 0 Å². The number of benzene rings is 1. The molecule has 0 radical (unpaired) electrons. The van der Waals surface area contributed by atoms with E-state index in [0.29, 0.717) is 6.04 Å². The van der Waals surface area contributed by atoms with E-state index in [1.165, 1.54) is 31.5 Å². The summed E-state index contributed by atoms with van der Waals surface area (Å²) in [6, 6.07) is 6.74. The number of hydrogen-bond donors (Lipinski definition) is 1. The highest BCUT2D eigenvalue weighted by atomic mass is 35.5. The predicted octanol–water partition coefficient (Wildman–Crippen LogP) is 3.40. The minimum absolute atomic E-state index is 0.329. The average Bonchev–Trinajstić information content (AvgIpc) is 2.48. The first-order valence-electron chi connectivity index (χ1n) is 7.87. The number of anilines is 1. The number of nitrogens with zero attached hydrogens (tertiary/aromatic N) is 2. The van der Waals surface area contributed by atoms with Crippen LogP contribution < -0.4 is 10.2 Å². The lowest BCUT2D eigenvalue weighted by molar-refractivity contribution is 0.222. The van der Waals surface area contributed by atoms with Crippen LogP contribution in [0.5, 0.6) is 0 Å². The summed E-state index contributed by atoms with van der Waals surface area (Å²) in [4.78, 5) is 4.73. The summed E-state index contributed by atoms with van der Waals surface area (Å²) in [5.41, 5.74) is 2.38. The van der Waals surface area contributed by atoms with Gasteiger partial charge < -0.3 is 15.1 Å². The molecule has 1 atom stereocenters. The molecule has 1 aromatic carbocycles. The van der Waals surface area contributed by atoms with Crippen molar-refractivity contribution < 1.29 is 0 Å². The fraction of sp³-hybridized carbons (Fsp3) is 0.647. The third kappa shape index (κ3) is 4.35. The van der Waals surface area contributed by atoms with Crippen LogP contribution in [0, 0.1) is 5.92 Å². The Balaban J connectivity index is 2.00. The molecule has 1 heterocycles. The molecule has 4 heteroatoms. The monoisotopic (exact) mass is 309 g/mol. The summed E-state index contributed by atoms with van der Waals surface area (Å²) in [5, 5.41) is 4.10. The molecule has 0 aromatic heterocycles. The van der Waals surface area contributed by atoms with Crippen molar-refractivity contribution >= 4 is 17.3 Å². The summed E-state index contributed by atoms with van der Waals surface area (Å²) >= 11 is 6.49. The fourth-order valence-electron chi connectivity index (χ4n) is 3.00. The zero-order valence-electron chi connectivity index (χ0n) is 13.7. The van der Waals surface area contributed by atoms with E-state index in [0.717, 1.165) is 23.2 Å². The van der Waals surface area contributed by atoms with E-state index in [1.807, 2.05) is 7.05 Å². The molecule has 1 unspecified atom stereocenters. The molecule has 118 valence electrons. The summed E-state index contributed by atoms with van der Waals surface area (Å²) in [6.07, 6.45) is 2.57. The lowest BCUT2D eigenvalue weighted by atomic mass is 9.96. The molecule has 21 heavy (non-hydrogen) atoms. The van der Waals surface area contributed by atoms with Crippen LogP contribution in [0.3, 0.4) is 0 Å². The van der Waals surface area contributed by atoms with Gasteiger partial charge in [0.1, 0.15) is 0 Å². The van der Waals surface area contributed by atoms with E-state index >= 15 is 0 Å². The molecule has 0 spiro atoms. The highest BCUT2D eigenvalue weighted by Gasteiger charge is 2.19. The number of halogens is 1. The summed E-state index contributed by atoms with van der Waals surface area (Å²) in [6.45, 7) is 5.66. The molecule has 1 aliphatic rings. The maximum atomic E-state index is 6.49. The summed E-state index contributed by atoms with van der Waals surface area (Å²) in [5.74, 6) is 0.776. The number of likely N-dealkylation sites (tertiary alicyclic amines) is 1. The van der Waals surface area contributed by atoms with Crippen LogP contribution in [0.2, 0.25) is 5.02 Å². The number of nitrogens with one attached hydrogen (secondary N) is 1. The highest BCUT2D eigenvalue weighted by Crippen LogP contribution is 2.29. The first-order chi connectivity index (χ1) is 10.0. The Morgan fingerprint density at radius 2 is 2.05 bits per heavy atom. The summed E-state index contributed by atoms with van der Waals surface area (Å²) < 4.78 is 0. The van der Waals surface area contributed by atoms with E-state index in [-0.39, 0.29) is 0 Å². The second-order valence-electron chi connectivity index (χ2n) is 6.35. The Hall–Kier alpha value is -0.770. The van der Waals surface area contributed by atoms with Crippen LogP contribution in [0.1, 0.15) is 31.4 Å². The molecule has 0 aliphatic carbocycles. The van der Waals surface area contributed by atoms with Gasteiger partial charge in [-0.15, -0.1) is 0 Å². The van der Waals surface area contributed by atoms with Crippen LogP contribution in [-0.4, -0.2) is 45.7 Å². The Labute approximate surface area is 134 Å². The fourth-order valence-corrected chi connectivity index (χ4v) is 3.33. The second-order valence-corrected chi connectivity index (χ2v) is 6.76. The Morgan fingerprint density at radius 1 is 1.38 bits per heavy atom. The van der Waals surface area contributed by atoms with Crippen molar-refractivity contribution in [2.75, 3.05) is 45.7 Å². The van der Waals surface area contributed by atoms with Gasteiger partial charge in [-0.1, -0.05) is 17.7 Å². The third-order valence-corrected chi connectivity index (χ3v) is 4.99. The molecular formula is C17H28ClN3. The third-order valence-electron chi connectivity index (χ3n) is 4.69. The largest absolute Gasteiger partial charge is 0.373 e. The quantitative estimate of drug-likeness (QED) is 0.899. The van der Waals surface area contributed by atoms with E-state index < -0.39 is 0 Å². The second kappa shape index (κ2) is 7.48. The zero-order valence-corrected chi connectivity index (χ0v) is 14.5. The first kappa shape index (κ1) is 16.6. The van der Waals surface area contributed by atoms with Gasteiger partial charge in [0.25, 0.3) is 0 Å². The van der Waals surface area contributed by atoms with Crippen molar-refractivity contribution in [3.05, 3.63) is 28.8 Å². The smallest absolute Gasteiger partial charge is 0.0642 e. The standard InChI is InChI=1S/C17H28ClN3/c1-13(19-2)15-5-6-17(16(18)11-15)21(4)12-14-7-9-20(3)10-8-14/h5-6,11,13-14,19H,7-10,12H2,1-4H3. The minimum atomic E-state index is 0.329. The molecule has 1 saturated heterocycles. The van der Waals surface area contributed by atoms with E-state index in [2.05, 4.69) is 54.3 Å². The lowest BCUT2D eigenvalue weighted by Gasteiger charge is -2.32. The predicted molar refractivity (Wildman–Crippen MR) is 92.4 cm³/mol. The van der Waals surface area contributed by atoms with Gasteiger partial charge in [0.15, 0.2) is 0 Å². The topological polar surface area (TPSA) is 18.5 Å². The van der Waals surface area contributed by atoms with Crippen LogP contribution in [0.4, 0.5) is 5.69 Å². The number of rotatable bonds is 5. The Kier molecular flexibility index (Phi) is 5.91. The van der Waals surface area contributed by atoms with E-state index in [1.54, 1.807) is 0 Å². The van der Waals surface area contributed by atoms with Crippen LogP contribution in [0.25, 0.3) is 0 Å². The molecular weight excluding hydrogens is 282 g/mol. The maximum absolute atomic E-state index is 6.49.